The molecule has 3 aromatic rings. The van der Waals surface area contributed by atoms with Crippen LogP contribution in [-0.2, 0) is 6.18 Å². The number of ketones is 1. The largest absolute Gasteiger partial charge is 0.416 e. The number of carbonyl (C=O) groups is 1. The van der Waals surface area contributed by atoms with E-state index in [1.165, 1.54) is 24.5 Å². The highest BCUT2D eigenvalue weighted by atomic mass is 19.4. The molecule has 0 amide bonds. The maximum atomic E-state index is 12.7. The van der Waals surface area contributed by atoms with Gasteiger partial charge in [-0.1, -0.05) is 30.3 Å². The van der Waals surface area contributed by atoms with E-state index in [2.05, 4.69) is 10.1 Å². The number of allylic oxidation sites excluding steroid dienone is 1. The van der Waals surface area contributed by atoms with E-state index in [-0.39, 0.29) is 5.56 Å². The lowest BCUT2D eigenvalue weighted by Gasteiger charge is -2.07. The smallest absolute Gasteiger partial charge is 0.289 e. The number of hydrogen-bond acceptors (Lipinski definition) is 3. The predicted molar refractivity (Wildman–Crippen MR) is 86.2 cm³/mol. The lowest BCUT2D eigenvalue weighted by molar-refractivity contribution is -0.137. The van der Waals surface area contributed by atoms with Gasteiger partial charge in [-0.05, 0) is 35.9 Å². The van der Waals surface area contributed by atoms with E-state index in [1.807, 2.05) is 0 Å². The van der Waals surface area contributed by atoms with Gasteiger partial charge in [-0.2, -0.15) is 18.3 Å². The number of rotatable bonds is 4. The molecule has 2 aromatic carbocycles. The topological polar surface area (TPSA) is 47.8 Å². The molecule has 0 unspecified atom stereocenters. The van der Waals surface area contributed by atoms with E-state index in [4.69, 9.17) is 0 Å². The highest BCUT2D eigenvalue weighted by molar-refractivity contribution is 6.06. The fraction of sp³-hybridized carbons (Fsp3) is 0.0556. The molecule has 1 aromatic heterocycles. The highest BCUT2D eigenvalue weighted by Gasteiger charge is 2.30. The van der Waals surface area contributed by atoms with Crippen LogP contribution in [0.3, 0.4) is 0 Å². The quantitative estimate of drug-likeness (QED) is 0.527. The van der Waals surface area contributed by atoms with Gasteiger partial charge in [0.2, 0.25) is 0 Å². The first-order valence-corrected chi connectivity index (χ1v) is 7.28. The average molecular weight is 343 g/mol. The van der Waals surface area contributed by atoms with Crippen LogP contribution in [0.5, 0.6) is 0 Å². The molecular weight excluding hydrogens is 331 g/mol. The predicted octanol–water partition coefficient (Wildman–Crippen LogP) is 4.18. The number of hydrogen-bond donors (Lipinski definition) is 0. The van der Waals surface area contributed by atoms with Gasteiger partial charge in [-0.3, -0.25) is 4.79 Å². The van der Waals surface area contributed by atoms with E-state index in [0.29, 0.717) is 0 Å². The summed E-state index contributed by atoms with van der Waals surface area (Å²) in [6.07, 6.45) is 1.30. The Bertz CT molecular complexity index is 898. The SMILES string of the molecule is O=C(/C=C/c1ccc(-n2cncn2)cc1)c1cccc(C(F)(F)F)c1. The Hall–Kier alpha value is -3.22. The number of alkyl halides is 3. The molecule has 3 rings (SSSR count). The standard InChI is InChI=1S/C18H12F3N3O/c19-18(20,21)15-3-1-2-14(10-15)17(25)9-6-13-4-7-16(8-5-13)24-12-22-11-23-24/h1-12H/b9-6+. The van der Waals surface area contributed by atoms with Crippen molar-refractivity contribution < 1.29 is 18.0 Å². The normalized spacial score (nSPS) is 11.8. The zero-order chi connectivity index (χ0) is 17.9. The van der Waals surface area contributed by atoms with Crippen LogP contribution in [0.1, 0.15) is 21.5 Å². The second kappa shape index (κ2) is 6.72. The van der Waals surface area contributed by atoms with Crippen LogP contribution >= 0.6 is 0 Å². The molecule has 0 atom stereocenters. The van der Waals surface area contributed by atoms with Crippen molar-refractivity contribution in [1.29, 1.82) is 0 Å². The molecule has 0 saturated carbocycles. The molecule has 0 aliphatic rings. The molecule has 1 heterocycles. The molecule has 0 fully saturated rings. The third kappa shape index (κ3) is 4.00. The summed E-state index contributed by atoms with van der Waals surface area (Å²) in [7, 11) is 0. The van der Waals surface area contributed by atoms with Crippen molar-refractivity contribution in [3.05, 3.63) is 84.0 Å². The fourth-order valence-corrected chi connectivity index (χ4v) is 2.20. The van der Waals surface area contributed by atoms with Crippen molar-refractivity contribution >= 4 is 11.9 Å². The van der Waals surface area contributed by atoms with Crippen molar-refractivity contribution in [3.63, 3.8) is 0 Å². The first-order chi connectivity index (χ1) is 11.9. The highest BCUT2D eigenvalue weighted by Crippen LogP contribution is 2.29. The number of carbonyl (C=O) groups excluding carboxylic acids is 1. The molecule has 4 nitrogen and oxygen atoms in total. The molecule has 0 spiro atoms. The minimum absolute atomic E-state index is 0.00897. The van der Waals surface area contributed by atoms with Crippen molar-refractivity contribution in [3.8, 4) is 5.69 Å². The lowest BCUT2D eigenvalue weighted by Crippen LogP contribution is -2.06. The fourth-order valence-electron chi connectivity index (χ4n) is 2.20. The third-order valence-electron chi connectivity index (χ3n) is 3.48. The molecule has 0 radical (unpaired) electrons. The van der Waals surface area contributed by atoms with Crippen molar-refractivity contribution in [2.75, 3.05) is 0 Å². The van der Waals surface area contributed by atoms with Crippen molar-refractivity contribution in [2.45, 2.75) is 6.18 Å². The van der Waals surface area contributed by atoms with E-state index >= 15 is 0 Å². The van der Waals surface area contributed by atoms with E-state index in [0.717, 1.165) is 23.4 Å². The van der Waals surface area contributed by atoms with Crippen LogP contribution in [0.25, 0.3) is 11.8 Å². The van der Waals surface area contributed by atoms with Gasteiger partial charge in [0, 0.05) is 5.56 Å². The molecule has 25 heavy (non-hydrogen) atoms. The van der Waals surface area contributed by atoms with Crippen molar-refractivity contribution in [2.24, 2.45) is 0 Å². The van der Waals surface area contributed by atoms with Gasteiger partial charge in [-0.15, -0.1) is 0 Å². The van der Waals surface area contributed by atoms with Gasteiger partial charge < -0.3 is 0 Å². The zero-order valence-electron chi connectivity index (χ0n) is 12.8. The molecule has 7 heteroatoms. The number of nitrogens with zero attached hydrogens (tertiary/aromatic N) is 3. The molecule has 126 valence electrons. The second-order valence-corrected chi connectivity index (χ2v) is 5.21. The van der Waals surface area contributed by atoms with Crippen LogP contribution in [0.4, 0.5) is 13.2 Å². The Labute approximate surface area is 141 Å². The van der Waals surface area contributed by atoms with Crippen molar-refractivity contribution in [1.82, 2.24) is 14.8 Å². The summed E-state index contributed by atoms with van der Waals surface area (Å²) >= 11 is 0. The number of halogens is 3. The Kier molecular flexibility index (Phi) is 4.47. The minimum atomic E-state index is -4.48. The summed E-state index contributed by atoms with van der Waals surface area (Å²) in [5, 5.41) is 4.00. The van der Waals surface area contributed by atoms with Crippen LogP contribution in [0, 0.1) is 0 Å². The van der Waals surface area contributed by atoms with Crippen LogP contribution in [0.2, 0.25) is 0 Å². The Morgan fingerprint density at radius 2 is 1.84 bits per heavy atom. The van der Waals surface area contributed by atoms with Gasteiger partial charge >= 0.3 is 6.18 Å². The molecule has 0 aliphatic carbocycles. The average Bonchev–Trinajstić information content (AvgIpc) is 3.14. The van der Waals surface area contributed by atoms with Gasteiger partial charge in [0.15, 0.2) is 5.78 Å². The van der Waals surface area contributed by atoms with Gasteiger partial charge in [0.25, 0.3) is 0 Å². The van der Waals surface area contributed by atoms with Gasteiger partial charge in [0.05, 0.1) is 11.3 Å². The molecular formula is C18H12F3N3O. The maximum Gasteiger partial charge on any atom is 0.416 e. The van der Waals surface area contributed by atoms with Crippen LogP contribution < -0.4 is 0 Å². The summed E-state index contributed by atoms with van der Waals surface area (Å²) in [5.74, 6) is -0.494. The Morgan fingerprint density at radius 3 is 2.48 bits per heavy atom. The lowest BCUT2D eigenvalue weighted by atomic mass is 10.1. The summed E-state index contributed by atoms with van der Waals surface area (Å²) in [4.78, 5) is 15.9. The van der Waals surface area contributed by atoms with Crippen LogP contribution in [0.15, 0.2) is 67.3 Å². The number of aromatic nitrogens is 3. The number of benzene rings is 2. The Balaban J connectivity index is 1.74. The summed E-state index contributed by atoms with van der Waals surface area (Å²) in [6.45, 7) is 0. The zero-order valence-corrected chi connectivity index (χ0v) is 12.8. The monoisotopic (exact) mass is 343 g/mol. The minimum Gasteiger partial charge on any atom is -0.289 e. The summed E-state index contributed by atoms with van der Waals surface area (Å²) in [5.41, 5.74) is 0.692. The Morgan fingerprint density at radius 1 is 1.08 bits per heavy atom. The second-order valence-electron chi connectivity index (χ2n) is 5.21. The molecule has 0 bridgehead atoms. The summed E-state index contributed by atoms with van der Waals surface area (Å²) < 4.78 is 39.7. The van der Waals surface area contributed by atoms with Gasteiger partial charge in [-0.25, -0.2) is 9.67 Å². The van der Waals surface area contributed by atoms with E-state index in [1.54, 1.807) is 41.4 Å². The molecule has 0 aliphatic heterocycles. The maximum absolute atomic E-state index is 12.7. The summed E-state index contributed by atoms with van der Waals surface area (Å²) in [6, 6.07) is 11.5. The molecule has 0 saturated heterocycles. The van der Waals surface area contributed by atoms with E-state index < -0.39 is 17.5 Å². The molecule has 0 N–H and O–H groups in total. The first-order valence-electron chi connectivity index (χ1n) is 7.28. The van der Waals surface area contributed by atoms with Crippen LogP contribution in [-0.4, -0.2) is 20.5 Å². The third-order valence-corrected chi connectivity index (χ3v) is 3.48. The van der Waals surface area contributed by atoms with Gasteiger partial charge in [0.1, 0.15) is 12.7 Å². The van der Waals surface area contributed by atoms with E-state index in [9.17, 15) is 18.0 Å². The first kappa shape index (κ1) is 16.6.